The second-order valence-electron chi connectivity index (χ2n) is 6.09. The van der Waals surface area contributed by atoms with Crippen LogP contribution in [0.25, 0.3) is 0 Å². The summed E-state index contributed by atoms with van der Waals surface area (Å²) in [7, 11) is 1.63. The fourth-order valence-electron chi connectivity index (χ4n) is 2.39. The van der Waals surface area contributed by atoms with Crippen molar-refractivity contribution in [2.45, 2.75) is 31.4 Å². The molecule has 5 nitrogen and oxygen atoms in total. The van der Waals surface area contributed by atoms with Gasteiger partial charge in [-0.25, -0.2) is 0 Å². The largest absolute Gasteiger partial charge is 0.380 e. The number of rotatable bonds is 8. The van der Waals surface area contributed by atoms with Crippen LogP contribution < -0.4 is 10.6 Å². The number of anilines is 1. The Morgan fingerprint density at radius 1 is 1.12 bits per heavy atom. The molecule has 2 rings (SSSR count). The SMILES string of the molecule is COCc1cccc(NC(=O)c2ccccc2SCC(=O)NC(C)C)c1. The normalized spacial score (nSPS) is 10.6. The molecule has 0 aromatic heterocycles. The predicted molar refractivity (Wildman–Crippen MR) is 106 cm³/mol. The Labute approximate surface area is 158 Å². The van der Waals surface area contributed by atoms with Crippen LogP contribution in [0.3, 0.4) is 0 Å². The third-order valence-electron chi connectivity index (χ3n) is 3.44. The number of amides is 2. The summed E-state index contributed by atoms with van der Waals surface area (Å²) in [4.78, 5) is 25.3. The fraction of sp³-hybridized carbons (Fsp3) is 0.300. The number of nitrogens with one attached hydrogen (secondary N) is 2. The van der Waals surface area contributed by atoms with Crippen molar-refractivity contribution in [2.75, 3.05) is 18.2 Å². The maximum Gasteiger partial charge on any atom is 0.256 e. The third kappa shape index (κ3) is 6.20. The van der Waals surface area contributed by atoms with Gasteiger partial charge in [0.25, 0.3) is 5.91 Å². The molecule has 0 unspecified atom stereocenters. The van der Waals surface area contributed by atoms with Gasteiger partial charge in [0.15, 0.2) is 0 Å². The minimum absolute atomic E-state index is 0.0486. The first-order valence-corrected chi connectivity index (χ1v) is 9.38. The quantitative estimate of drug-likeness (QED) is 0.694. The number of thioether (sulfide) groups is 1. The van der Waals surface area contributed by atoms with Gasteiger partial charge in [-0.2, -0.15) is 0 Å². The van der Waals surface area contributed by atoms with E-state index in [4.69, 9.17) is 4.74 Å². The lowest BCUT2D eigenvalue weighted by Gasteiger charge is -2.12. The molecule has 0 radical (unpaired) electrons. The molecule has 0 spiro atoms. The summed E-state index contributed by atoms with van der Waals surface area (Å²) in [6.45, 7) is 4.32. The molecular formula is C20H24N2O3S. The van der Waals surface area contributed by atoms with Crippen LogP contribution in [0.15, 0.2) is 53.4 Å². The molecule has 2 aromatic carbocycles. The highest BCUT2D eigenvalue weighted by Crippen LogP contribution is 2.24. The van der Waals surface area contributed by atoms with Crippen molar-refractivity contribution >= 4 is 29.3 Å². The van der Waals surface area contributed by atoms with Crippen molar-refractivity contribution in [3.8, 4) is 0 Å². The molecular weight excluding hydrogens is 348 g/mol. The second-order valence-corrected chi connectivity index (χ2v) is 7.11. The molecule has 0 saturated carbocycles. The molecule has 138 valence electrons. The highest BCUT2D eigenvalue weighted by molar-refractivity contribution is 8.00. The molecule has 6 heteroatoms. The van der Waals surface area contributed by atoms with Crippen molar-refractivity contribution in [1.29, 1.82) is 0 Å². The average Bonchev–Trinajstić information content (AvgIpc) is 2.60. The number of hydrogen-bond donors (Lipinski definition) is 2. The Morgan fingerprint density at radius 3 is 2.62 bits per heavy atom. The topological polar surface area (TPSA) is 67.4 Å². The summed E-state index contributed by atoms with van der Waals surface area (Å²) in [5, 5.41) is 5.76. The molecule has 0 saturated heterocycles. The van der Waals surface area contributed by atoms with Crippen molar-refractivity contribution in [3.63, 3.8) is 0 Å². The minimum atomic E-state index is -0.202. The lowest BCUT2D eigenvalue weighted by molar-refractivity contribution is -0.119. The summed E-state index contributed by atoms with van der Waals surface area (Å²) in [5.74, 6) is 0.0191. The Hall–Kier alpha value is -2.31. The predicted octanol–water partition coefficient (Wildman–Crippen LogP) is 3.70. The van der Waals surface area contributed by atoms with Crippen molar-refractivity contribution in [2.24, 2.45) is 0 Å². The fourth-order valence-corrected chi connectivity index (χ4v) is 3.25. The molecule has 0 aliphatic carbocycles. The van der Waals surface area contributed by atoms with E-state index in [0.717, 1.165) is 10.5 Å². The zero-order valence-corrected chi connectivity index (χ0v) is 16.1. The first-order valence-electron chi connectivity index (χ1n) is 8.40. The number of carbonyl (C=O) groups is 2. The maximum absolute atomic E-state index is 12.7. The van der Waals surface area contributed by atoms with Gasteiger partial charge in [0.1, 0.15) is 0 Å². The first kappa shape index (κ1) is 20.0. The van der Waals surface area contributed by atoms with Crippen LogP contribution in [-0.4, -0.2) is 30.7 Å². The van der Waals surface area contributed by atoms with Crippen LogP contribution in [0.5, 0.6) is 0 Å². The van der Waals surface area contributed by atoms with Gasteiger partial charge in [-0.3, -0.25) is 9.59 Å². The van der Waals surface area contributed by atoms with E-state index in [1.165, 1.54) is 11.8 Å². The van der Waals surface area contributed by atoms with Gasteiger partial charge in [-0.05, 0) is 43.7 Å². The highest BCUT2D eigenvalue weighted by Gasteiger charge is 2.13. The van der Waals surface area contributed by atoms with E-state index in [-0.39, 0.29) is 23.6 Å². The van der Waals surface area contributed by atoms with Crippen molar-refractivity contribution < 1.29 is 14.3 Å². The number of methoxy groups -OCH3 is 1. The maximum atomic E-state index is 12.7. The van der Waals surface area contributed by atoms with Crippen LogP contribution in [0.1, 0.15) is 29.8 Å². The lowest BCUT2D eigenvalue weighted by Crippen LogP contribution is -2.31. The number of hydrogen-bond acceptors (Lipinski definition) is 4. The summed E-state index contributed by atoms with van der Waals surface area (Å²) in [6.07, 6.45) is 0. The molecule has 0 fully saturated rings. The standard InChI is InChI=1S/C20H24N2O3S/c1-14(2)21-19(23)13-26-18-10-5-4-9-17(18)20(24)22-16-8-6-7-15(11-16)12-25-3/h4-11,14H,12-13H2,1-3H3,(H,21,23)(H,22,24). The second kappa shape index (κ2) is 9.99. The molecule has 0 bridgehead atoms. The molecule has 26 heavy (non-hydrogen) atoms. The highest BCUT2D eigenvalue weighted by atomic mass is 32.2. The molecule has 0 aliphatic rings. The van der Waals surface area contributed by atoms with Gasteiger partial charge in [-0.1, -0.05) is 24.3 Å². The molecule has 0 heterocycles. The van der Waals surface area contributed by atoms with E-state index in [2.05, 4.69) is 10.6 Å². The van der Waals surface area contributed by atoms with E-state index < -0.39 is 0 Å². The molecule has 0 aliphatic heterocycles. The van der Waals surface area contributed by atoms with Crippen LogP contribution >= 0.6 is 11.8 Å². The number of benzene rings is 2. The van der Waals surface area contributed by atoms with E-state index in [0.29, 0.717) is 17.9 Å². The summed E-state index contributed by atoms with van der Waals surface area (Å²) < 4.78 is 5.12. The molecule has 2 N–H and O–H groups in total. The smallest absolute Gasteiger partial charge is 0.256 e. The van der Waals surface area contributed by atoms with Gasteiger partial charge in [0.05, 0.1) is 17.9 Å². The van der Waals surface area contributed by atoms with Crippen molar-refractivity contribution in [3.05, 3.63) is 59.7 Å². The molecule has 2 amide bonds. The van der Waals surface area contributed by atoms with E-state index >= 15 is 0 Å². The van der Waals surface area contributed by atoms with Crippen LogP contribution in [0.4, 0.5) is 5.69 Å². The summed E-state index contributed by atoms with van der Waals surface area (Å²) >= 11 is 1.35. The van der Waals surface area contributed by atoms with Crippen LogP contribution in [-0.2, 0) is 16.1 Å². The zero-order valence-electron chi connectivity index (χ0n) is 15.2. The van der Waals surface area contributed by atoms with E-state index in [9.17, 15) is 9.59 Å². The van der Waals surface area contributed by atoms with Gasteiger partial charge >= 0.3 is 0 Å². The van der Waals surface area contributed by atoms with E-state index in [1.54, 1.807) is 13.2 Å². The van der Waals surface area contributed by atoms with Gasteiger partial charge < -0.3 is 15.4 Å². The molecule has 0 atom stereocenters. The number of ether oxygens (including phenoxy) is 1. The monoisotopic (exact) mass is 372 g/mol. The Kier molecular flexibility index (Phi) is 7.69. The lowest BCUT2D eigenvalue weighted by atomic mass is 10.2. The minimum Gasteiger partial charge on any atom is -0.380 e. The van der Waals surface area contributed by atoms with Crippen LogP contribution in [0.2, 0.25) is 0 Å². The first-order chi connectivity index (χ1) is 12.5. The Bertz CT molecular complexity index is 762. The summed E-state index contributed by atoms with van der Waals surface area (Å²) in [5.41, 5.74) is 2.24. The van der Waals surface area contributed by atoms with Gasteiger partial charge in [0.2, 0.25) is 5.91 Å². The molecule has 2 aromatic rings. The zero-order chi connectivity index (χ0) is 18.9. The average molecular weight is 372 g/mol. The summed E-state index contributed by atoms with van der Waals surface area (Å²) in [6, 6.07) is 14.9. The van der Waals surface area contributed by atoms with Crippen LogP contribution in [0, 0.1) is 0 Å². The Balaban J connectivity index is 2.07. The number of carbonyl (C=O) groups excluding carboxylic acids is 2. The third-order valence-corrected chi connectivity index (χ3v) is 4.51. The Morgan fingerprint density at radius 2 is 1.88 bits per heavy atom. The van der Waals surface area contributed by atoms with Crippen molar-refractivity contribution in [1.82, 2.24) is 5.32 Å². The van der Waals surface area contributed by atoms with E-state index in [1.807, 2.05) is 56.3 Å². The van der Waals surface area contributed by atoms with Gasteiger partial charge in [-0.15, -0.1) is 11.8 Å². The van der Waals surface area contributed by atoms with Gasteiger partial charge in [0, 0.05) is 23.7 Å².